The van der Waals surface area contributed by atoms with E-state index in [4.69, 9.17) is 4.74 Å². The van der Waals surface area contributed by atoms with Crippen LogP contribution in [0.4, 0.5) is 5.69 Å². The summed E-state index contributed by atoms with van der Waals surface area (Å²) in [6, 6.07) is 25.2. The molecule has 4 aromatic rings. The number of piperazine rings is 1. The Morgan fingerprint density at radius 1 is 0.892 bits per heavy atom. The molecule has 2 heterocycles. The maximum Gasteiger partial charge on any atom is 0.316 e. The zero-order chi connectivity index (χ0) is 25.6. The Kier molecular flexibility index (Phi) is 7.51. The Bertz CT molecular complexity index is 1380. The SMILES string of the molecule is Cc1ccc(CCOc2c(N3CCN(Cc4ccccc4O)CC3)cnn(-c3ccccc3)c2=O)cc1. The van der Waals surface area contributed by atoms with Gasteiger partial charge >= 0.3 is 5.56 Å². The monoisotopic (exact) mass is 496 g/mol. The average Bonchev–Trinajstić information content (AvgIpc) is 2.93. The van der Waals surface area contributed by atoms with E-state index >= 15 is 0 Å². The van der Waals surface area contributed by atoms with Gasteiger partial charge in [0.2, 0.25) is 5.75 Å². The van der Waals surface area contributed by atoms with Crippen molar-refractivity contribution in [3.05, 3.63) is 112 Å². The van der Waals surface area contributed by atoms with Crippen molar-refractivity contribution in [3.63, 3.8) is 0 Å². The summed E-state index contributed by atoms with van der Waals surface area (Å²) in [6.45, 7) is 6.23. The van der Waals surface area contributed by atoms with Crippen LogP contribution in [0.25, 0.3) is 5.69 Å². The number of phenolic OH excluding ortho intramolecular Hbond substituents is 1. The van der Waals surface area contributed by atoms with Crippen molar-refractivity contribution >= 4 is 5.69 Å². The zero-order valence-corrected chi connectivity index (χ0v) is 21.1. The largest absolute Gasteiger partial charge is 0.508 e. The quantitative estimate of drug-likeness (QED) is 0.395. The second kappa shape index (κ2) is 11.3. The van der Waals surface area contributed by atoms with Crippen LogP contribution in [0.5, 0.6) is 11.5 Å². The van der Waals surface area contributed by atoms with E-state index in [1.54, 1.807) is 12.3 Å². The summed E-state index contributed by atoms with van der Waals surface area (Å²) in [5, 5.41) is 14.6. The Morgan fingerprint density at radius 2 is 1.59 bits per heavy atom. The van der Waals surface area contributed by atoms with Gasteiger partial charge in [-0.25, -0.2) is 0 Å². The molecule has 3 aromatic carbocycles. The number of para-hydroxylation sites is 2. The number of aromatic hydroxyl groups is 1. The summed E-state index contributed by atoms with van der Waals surface area (Å²) < 4.78 is 7.60. The molecule has 0 radical (unpaired) electrons. The zero-order valence-electron chi connectivity index (χ0n) is 21.1. The van der Waals surface area contributed by atoms with Crippen LogP contribution in [0.1, 0.15) is 16.7 Å². The minimum Gasteiger partial charge on any atom is -0.508 e. The highest BCUT2D eigenvalue weighted by molar-refractivity contribution is 5.57. The third kappa shape index (κ3) is 5.84. The van der Waals surface area contributed by atoms with E-state index in [0.717, 1.165) is 37.4 Å². The molecule has 1 aliphatic rings. The van der Waals surface area contributed by atoms with E-state index in [2.05, 4.69) is 46.1 Å². The number of aromatic nitrogens is 2. The second-order valence-electron chi connectivity index (χ2n) is 9.39. The van der Waals surface area contributed by atoms with Gasteiger partial charge in [-0.3, -0.25) is 9.69 Å². The van der Waals surface area contributed by atoms with Gasteiger partial charge < -0.3 is 14.7 Å². The molecule has 0 aliphatic carbocycles. The number of ether oxygens (including phenoxy) is 1. The van der Waals surface area contributed by atoms with Crippen molar-refractivity contribution in [2.24, 2.45) is 0 Å². The van der Waals surface area contributed by atoms with Crippen LogP contribution in [0.15, 0.2) is 89.9 Å². The number of rotatable bonds is 8. The lowest BCUT2D eigenvalue weighted by atomic mass is 10.1. The summed E-state index contributed by atoms with van der Waals surface area (Å²) in [7, 11) is 0. The molecule has 5 rings (SSSR count). The Hall–Kier alpha value is -4.10. The number of benzene rings is 3. The van der Waals surface area contributed by atoms with Crippen molar-refractivity contribution in [2.45, 2.75) is 19.9 Å². The predicted molar refractivity (Wildman–Crippen MR) is 146 cm³/mol. The maximum absolute atomic E-state index is 13.6. The smallest absolute Gasteiger partial charge is 0.316 e. The van der Waals surface area contributed by atoms with E-state index in [1.807, 2.05) is 48.5 Å². The lowest BCUT2D eigenvalue weighted by Crippen LogP contribution is -2.46. The maximum atomic E-state index is 13.6. The summed E-state index contributed by atoms with van der Waals surface area (Å²) in [6.07, 6.45) is 2.45. The molecule has 1 saturated heterocycles. The highest BCUT2D eigenvalue weighted by atomic mass is 16.5. The van der Waals surface area contributed by atoms with Crippen LogP contribution >= 0.6 is 0 Å². The lowest BCUT2D eigenvalue weighted by molar-refractivity contribution is 0.245. The van der Waals surface area contributed by atoms with Crippen LogP contribution in [0.3, 0.4) is 0 Å². The summed E-state index contributed by atoms with van der Waals surface area (Å²) in [5.74, 6) is 0.656. The fraction of sp³-hybridized carbons (Fsp3) is 0.267. The van der Waals surface area contributed by atoms with Crippen LogP contribution in [0.2, 0.25) is 0 Å². The lowest BCUT2D eigenvalue weighted by Gasteiger charge is -2.36. The molecule has 1 aliphatic heterocycles. The van der Waals surface area contributed by atoms with Crippen LogP contribution < -0.4 is 15.2 Å². The first kappa shape index (κ1) is 24.6. The van der Waals surface area contributed by atoms with E-state index in [1.165, 1.54) is 15.8 Å². The Labute approximate surface area is 217 Å². The normalized spacial score (nSPS) is 14.0. The molecule has 0 saturated carbocycles. The number of nitrogens with zero attached hydrogens (tertiary/aromatic N) is 4. The van der Waals surface area contributed by atoms with Crippen molar-refractivity contribution in [1.82, 2.24) is 14.7 Å². The summed E-state index contributed by atoms with van der Waals surface area (Å²) in [5.41, 5.74) is 4.47. The van der Waals surface area contributed by atoms with Gasteiger partial charge in [-0.15, -0.1) is 0 Å². The van der Waals surface area contributed by atoms with E-state index in [9.17, 15) is 9.90 Å². The molecule has 0 amide bonds. The van der Waals surface area contributed by atoms with Crippen molar-refractivity contribution in [3.8, 4) is 17.2 Å². The minimum atomic E-state index is -0.260. The number of hydrogen-bond acceptors (Lipinski definition) is 6. The highest BCUT2D eigenvalue weighted by Gasteiger charge is 2.24. The first-order valence-electron chi connectivity index (χ1n) is 12.7. The predicted octanol–water partition coefficient (Wildman–Crippen LogP) is 4.19. The fourth-order valence-electron chi connectivity index (χ4n) is 4.60. The van der Waals surface area contributed by atoms with Gasteiger partial charge in [-0.05, 0) is 30.7 Å². The molecule has 7 nitrogen and oxygen atoms in total. The van der Waals surface area contributed by atoms with Crippen LogP contribution in [-0.2, 0) is 13.0 Å². The standard InChI is InChI=1S/C30H32N4O3/c1-23-11-13-24(14-12-23)15-20-37-29-27(21-31-34(30(29)36)26-8-3-2-4-9-26)33-18-16-32(17-19-33)22-25-7-5-6-10-28(25)35/h2-14,21,35H,15-20,22H2,1H3. The van der Waals surface area contributed by atoms with Gasteiger partial charge in [0.25, 0.3) is 0 Å². The first-order chi connectivity index (χ1) is 18.1. The highest BCUT2D eigenvalue weighted by Crippen LogP contribution is 2.27. The molecule has 1 fully saturated rings. The fourth-order valence-corrected chi connectivity index (χ4v) is 4.60. The van der Waals surface area contributed by atoms with E-state index < -0.39 is 0 Å². The Morgan fingerprint density at radius 3 is 2.32 bits per heavy atom. The third-order valence-corrected chi connectivity index (χ3v) is 6.77. The summed E-state index contributed by atoms with van der Waals surface area (Å²) >= 11 is 0. The van der Waals surface area contributed by atoms with Crippen LogP contribution in [0, 0.1) is 6.92 Å². The van der Waals surface area contributed by atoms with Crippen molar-refractivity contribution < 1.29 is 9.84 Å². The summed E-state index contributed by atoms with van der Waals surface area (Å²) in [4.78, 5) is 18.1. The van der Waals surface area contributed by atoms with Crippen molar-refractivity contribution in [2.75, 3.05) is 37.7 Å². The van der Waals surface area contributed by atoms with Crippen LogP contribution in [-0.4, -0.2) is 52.6 Å². The van der Waals surface area contributed by atoms with E-state index in [0.29, 0.717) is 36.8 Å². The molecular formula is C30H32N4O3. The van der Waals surface area contributed by atoms with Gasteiger partial charge in [0, 0.05) is 44.7 Å². The van der Waals surface area contributed by atoms with Gasteiger partial charge in [0.05, 0.1) is 18.5 Å². The first-order valence-corrected chi connectivity index (χ1v) is 12.7. The number of aryl methyl sites for hydroxylation is 1. The van der Waals surface area contributed by atoms with Gasteiger partial charge in [0.15, 0.2) is 0 Å². The third-order valence-electron chi connectivity index (χ3n) is 6.77. The number of phenols is 1. The average molecular weight is 497 g/mol. The van der Waals surface area contributed by atoms with Gasteiger partial charge in [-0.1, -0.05) is 66.2 Å². The van der Waals surface area contributed by atoms with Gasteiger partial charge in [-0.2, -0.15) is 9.78 Å². The Balaban J connectivity index is 1.34. The molecule has 37 heavy (non-hydrogen) atoms. The molecule has 1 N–H and O–H groups in total. The molecular weight excluding hydrogens is 464 g/mol. The molecule has 1 aromatic heterocycles. The molecule has 7 heteroatoms. The van der Waals surface area contributed by atoms with Crippen molar-refractivity contribution in [1.29, 1.82) is 0 Å². The topological polar surface area (TPSA) is 70.8 Å². The molecule has 190 valence electrons. The number of hydrogen-bond donors (Lipinski definition) is 1. The number of anilines is 1. The van der Waals surface area contributed by atoms with Gasteiger partial charge in [0.1, 0.15) is 11.4 Å². The molecule has 0 spiro atoms. The molecule has 0 atom stereocenters. The van der Waals surface area contributed by atoms with E-state index in [-0.39, 0.29) is 5.56 Å². The minimum absolute atomic E-state index is 0.260. The molecule has 0 unspecified atom stereocenters. The molecule has 0 bridgehead atoms. The second-order valence-corrected chi connectivity index (χ2v) is 9.39.